The molecule has 1 aromatic heterocycles. The molecule has 0 spiro atoms. The molecule has 0 aliphatic carbocycles. The Morgan fingerprint density at radius 2 is 2.23 bits per heavy atom. The van der Waals surface area contributed by atoms with E-state index in [1.54, 1.807) is 0 Å². The molecule has 1 aliphatic heterocycles. The van der Waals surface area contributed by atoms with Crippen molar-refractivity contribution < 1.29 is 19.4 Å². The first-order valence-corrected chi connectivity index (χ1v) is 7.92. The van der Waals surface area contributed by atoms with Crippen molar-refractivity contribution in [1.82, 2.24) is 9.47 Å². The summed E-state index contributed by atoms with van der Waals surface area (Å²) in [6, 6.07) is 0. The summed E-state index contributed by atoms with van der Waals surface area (Å²) in [6.45, 7) is 5.45. The lowest BCUT2D eigenvalue weighted by Crippen LogP contribution is -2.38. The molecule has 2 rings (SSSR count). The first kappa shape index (κ1) is 16.3. The molecule has 8 heteroatoms. The number of hydrogen-bond acceptors (Lipinski definition) is 4. The average molecular weight is 325 g/mol. The number of nitrogens with zero attached hydrogens (tertiary/aromatic N) is 3. The van der Waals surface area contributed by atoms with E-state index in [1.807, 2.05) is 16.1 Å². The van der Waals surface area contributed by atoms with Gasteiger partial charge in [-0.25, -0.2) is 9.59 Å². The Kier molecular flexibility index (Phi) is 5.76. The van der Waals surface area contributed by atoms with Gasteiger partial charge in [-0.05, 0) is 18.8 Å². The van der Waals surface area contributed by atoms with Crippen LogP contribution in [0.1, 0.15) is 12.8 Å². The lowest BCUT2D eigenvalue weighted by molar-refractivity contribution is 0.121. The highest BCUT2D eigenvalue weighted by molar-refractivity contribution is 7.07. The molecular formula is C14H19N3O4S. The molecular weight excluding hydrogens is 306 g/mol. The van der Waals surface area contributed by atoms with E-state index >= 15 is 0 Å². The van der Waals surface area contributed by atoms with Gasteiger partial charge < -0.3 is 19.3 Å². The van der Waals surface area contributed by atoms with Gasteiger partial charge in [-0.2, -0.15) is 0 Å². The molecule has 7 nitrogen and oxygen atoms in total. The van der Waals surface area contributed by atoms with E-state index in [-0.39, 0.29) is 6.61 Å². The normalized spacial score (nSPS) is 16.5. The number of ether oxygens (including phenoxy) is 1. The van der Waals surface area contributed by atoms with Crippen molar-refractivity contribution in [2.45, 2.75) is 19.4 Å². The highest BCUT2D eigenvalue weighted by atomic mass is 32.1. The van der Waals surface area contributed by atoms with Gasteiger partial charge in [0.2, 0.25) is 0 Å². The predicted molar refractivity (Wildman–Crippen MR) is 81.7 cm³/mol. The number of carboxylic acid groups (broad SMARTS) is 1. The minimum atomic E-state index is -0.859. The van der Waals surface area contributed by atoms with Crippen molar-refractivity contribution in [2.24, 2.45) is 10.9 Å². The fraction of sp³-hybridized carbons (Fsp3) is 0.500. The Balaban J connectivity index is 1.96. The highest BCUT2D eigenvalue weighted by Gasteiger charge is 2.22. The van der Waals surface area contributed by atoms with Gasteiger partial charge in [0, 0.05) is 31.2 Å². The molecule has 0 bridgehead atoms. The fourth-order valence-corrected chi connectivity index (χ4v) is 3.08. The molecule has 1 N–H and O–H groups in total. The van der Waals surface area contributed by atoms with E-state index in [0.717, 1.165) is 19.4 Å². The van der Waals surface area contributed by atoms with Gasteiger partial charge in [-0.1, -0.05) is 12.7 Å². The maximum Gasteiger partial charge on any atom is 0.436 e. The van der Waals surface area contributed by atoms with Crippen LogP contribution in [-0.2, 0) is 11.3 Å². The predicted octanol–water partition coefficient (Wildman–Crippen LogP) is 2.16. The maximum absolute atomic E-state index is 11.5. The highest BCUT2D eigenvalue weighted by Crippen LogP contribution is 2.18. The minimum Gasteiger partial charge on any atom is -0.465 e. The van der Waals surface area contributed by atoms with E-state index in [0.29, 0.717) is 23.8 Å². The second-order valence-corrected chi connectivity index (χ2v) is 5.90. The molecule has 2 heterocycles. The molecule has 120 valence electrons. The topological polar surface area (TPSA) is 84.1 Å². The van der Waals surface area contributed by atoms with Crippen LogP contribution >= 0.6 is 11.3 Å². The molecule has 22 heavy (non-hydrogen) atoms. The third-order valence-electron chi connectivity index (χ3n) is 3.51. The zero-order valence-corrected chi connectivity index (χ0v) is 13.0. The average Bonchev–Trinajstić information content (AvgIpc) is 2.92. The molecule has 0 aromatic carbocycles. The first-order chi connectivity index (χ1) is 10.6. The minimum absolute atomic E-state index is 0.140. The second-order valence-electron chi connectivity index (χ2n) is 5.03. The number of piperidine rings is 1. The van der Waals surface area contributed by atoms with Crippen LogP contribution in [0.5, 0.6) is 0 Å². The zero-order chi connectivity index (χ0) is 15.9. The van der Waals surface area contributed by atoms with Crippen molar-refractivity contribution in [3.8, 4) is 0 Å². The molecule has 1 aromatic rings. The second kappa shape index (κ2) is 7.79. The summed E-state index contributed by atoms with van der Waals surface area (Å²) in [6.07, 6.45) is 3.52. The molecule has 1 saturated heterocycles. The van der Waals surface area contributed by atoms with E-state index in [4.69, 9.17) is 9.84 Å². The van der Waals surface area contributed by atoms with E-state index in [2.05, 4.69) is 11.6 Å². The van der Waals surface area contributed by atoms with Crippen LogP contribution in [0.25, 0.3) is 0 Å². The van der Waals surface area contributed by atoms with Gasteiger partial charge in [-0.3, -0.25) is 0 Å². The molecule has 0 saturated carbocycles. The van der Waals surface area contributed by atoms with Gasteiger partial charge in [0.1, 0.15) is 6.61 Å². The number of carbonyl (C=O) groups is 2. The van der Waals surface area contributed by atoms with Crippen LogP contribution in [0.4, 0.5) is 9.59 Å². The zero-order valence-electron chi connectivity index (χ0n) is 12.2. The van der Waals surface area contributed by atoms with Crippen molar-refractivity contribution in [3.63, 3.8) is 0 Å². The summed E-state index contributed by atoms with van der Waals surface area (Å²) in [7, 11) is 0. The Morgan fingerprint density at radius 3 is 2.86 bits per heavy atom. The van der Waals surface area contributed by atoms with Crippen LogP contribution in [0.3, 0.4) is 0 Å². The number of amides is 2. The molecule has 0 radical (unpaired) electrons. The number of thiazole rings is 1. The number of hydrogen-bond donors (Lipinski definition) is 1. The van der Waals surface area contributed by atoms with Crippen molar-refractivity contribution in [1.29, 1.82) is 0 Å². The smallest absolute Gasteiger partial charge is 0.436 e. The summed E-state index contributed by atoms with van der Waals surface area (Å²) in [5.74, 6) is 0.383. The van der Waals surface area contributed by atoms with Crippen LogP contribution in [0.2, 0.25) is 0 Å². The van der Waals surface area contributed by atoms with Gasteiger partial charge in [0.15, 0.2) is 4.80 Å². The molecule has 1 fully saturated rings. The van der Waals surface area contributed by atoms with Gasteiger partial charge in [-0.15, -0.1) is 16.3 Å². The molecule has 0 unspecified atom stereocenters. The lowest BCUT2D eigenvalue weighted by Gasteiger charge is -2.30. The summed E-state index contributed by atoms with van der Waals surface area (Å²) < 4.78 is 6.77. The largest absolute Gasteiger partial charge is 0.465 e. The van der Waals surface area contributed by atoms with Crippen molar-refractivity contribution in [2.75, 3.05) is 19.7 Å². The third-order valence-corrected chi connectivity index (χ3v) is 4.31. The molecule has 2 amide bonds. The Hall–Kier alpha value is -2.09. The van der Waals surface area contributed by atoms with Crippen LogP contribution in [-0.4, -0.2) is 46.5 Å². The summed E-state index contributed by atoms with van der Waals surface area (Å²) in [5, 5.41) is 10.8. The fourth-order valence-electron chi connectivity index (χ4n) is 2.35. The third kappa shape index (κ3) is 4.45. The van der Waals surface area contributed by atoms with Crippen LogP contribution in [0, 0.1) is 5.92 Å². The number of rotatable bonds is 4. The van der Waals surface area contributed by atoms with E-state index in [1.165, 1.54) is 22.3 Å². The Morgan fingerprint density at radius 1 is 1.50 bits per heavy atom. The molecule has 1 aliphatic rings. The van der Waals surface area contributed by atoms with E-state index < -0.39 is 12.2 Å². The SMILES string of the molecule is C=CCOC(=O)/N=c1\sccn1CC1CCN(C(=O)O)CC1. The van der Waals surface area contributed by atoms with E-state index in [9.17, 15) is 9.59 Å². The Bertz CT molecular complexity index is 599. The van der Waals surface area contributed by atoms with Crippen molar-refractivity contribution in [3.05, 3.63) is 29.0 Å². The van der Waals surface area contributed by atoms with Crippen molar-refractivity contribution >= 4 is 23.5 Å². The lowest BCUT2D eigenvalue weighted by atomic mass is 9.97. The van der Waals surface area contributed by atoms with Gasteiger partial charge >= 0.3 is 12.2 Å². The van der Waals surface area contributed by atoms with Crippen LogP contribution in [0.15, 0.2) is 29.2 Å². The Labute approximate surface area is 132 Å². The number of likely N-dealkylation sites (tertiary alicyclic amines) is 1. The molecule has 0 atom stereocenters. The quantitative estimate of drug-likeness (QED) is 0.860. The van der Waals surface area contributed by atoms with Crippen LogP contribution < -0.4 is 4.80 Å². The standard InChI is InChI=1S/C14H19N3O4S/c1-2-8-21-13(18)15-12-17(7-9-22-12)10-11-3-5-16(6-4-11)14(19)20/h2,7,9,11H,1,3-6,8,10H2,(H,19,20)/b15-12-. The maximum atomic E-state index is 11.5. The monoisotopic (exact) mass is 325 g/mol. The van der Waals surface area contributed by atoms with Gasteiger partial charge in [0.05, 0.1) is 0 Å². The summed E-state index contributed by atoms with van der Waals surface area (Å²) in [4.78, 5) is 28.4. The number of carbonyl (C=O) groups excluding carboxylic acids is 1. The summed E-state index contributed by atoms with van der Waals surface area (Å²) >= 11 is 1.37. The summed E-state index contributed by atoms with van der Waals surface area (Å²) in [5.41, 5.74) is 0. The first-order valence-electron chi connectivity index (χ1n) is 7.04. The number of aromatic nitrogens is 1. The van der Waals surface area contributed by atoms with Gasteiger partial charge in [0.25, 0.3) is 0 Å².